The Bertz CT molecular complexity index is 533. The van der Waals surface area contributed by atoms with Crippen LogP contribution in [0.15, 0.2) is 11.6 Å². The maximum absolute atomic E-state index is 13.0. The summed E-state index contributed by atoms with van der Waals surface area (Å²) in [7, 11) is 0. The molecule has 1 amide bonds. The van der Waals surface area contributed by atoms with Crippen molar-refractivity contribution >= 4 is 5.91 Å². The number of hydrogen-bond donors (Lipinski definition) is 1. The van der Waals surface area contributed by atoms with E-state index >= 15 is 0 Å². The van der Waals surface area contributed by atoms with Crippen molar-refractivity contribution in [1.82, 2.24) is 5.32 Å². The summed E-state index contributed by atoms with van der Waals surface area (Å²) >= 11 is 0. The molecule has 4 bridgehead atoms. The van der Waals surface area contributed by atoms with Gasteiger partial charge in [-0.25, -0.2) is 0 Å². The molecule has 1 N–H and O–H groups in total. The van der Waals surface area contributed by atoms with E-state index in [4.69, 9.17) is 0 Å². The summed E-state index contributed by atoms with van der Waals surface area (Å²) in [4.78, 5) is 13.0. The summed E-state index contributed by atoms with van der Waals surface area (Å²) in [5, 5.41) is 3.49. The quantitative estimate of drug-likeness (QED) is 0.727. The molecule has 2 heteroatoms. The lowest BCUT2D eigenvalue weighted by Gasteiger charge is -2.59. The molecule has 0 aromatic rings. The van der Waals surface area contributed by atoms with Gasteiger partial charge in [-0.3, -0.25) is 4.79 Å². The summed E-state index contributed by atoms with van der Waals surface area (Å²) in [5.74, 6) is 3.75. The SMILES string of the molecule is CC(C)=C[C@@H]1[C@H](C(=O)N[C@@H](C)C23CC4CC(CC(C4)C2)C3)C1(C)C. The van der Waals surface area contributed by atoms with Crippen molar-refractivity contribution in [3.63, 3.8) is 0 Å². The summed E-state index contributed by atoms with van der Waals surface area (Å²) in [6, 6.07) is 0.349. The fourth-order valence-corrected chi connectivity index (χ4v) is 7.01. The average Bonchev–Trinajstić information content (AvgIpc) is 2.97. The smallest absolute Gasteiger partial charge is 0.224 e. The van der Waals surface area contributed by atoms with E-state index in [2.05, 4.69) is 46.0 Å². The number of allylic oxidation sites excluding steroid dienone is 2. The molecule has 3 atom stereocenters. The Morgan fingerprint density at radius 1 is 1.04 bits per heavy atom. The lowest BCUT2D eigenvalue weighted by molar-refractivity contribution is -0.127. The predicted octanol–water partition coefficient (Wildman–Crippen LogP) is 4.95. The number of carbonyl (C=O) groups excluding carboxylic acids is 1. The Morgan fingerprint density at radius 2 is 1.54 bits per heavy atom. The molecule has 0 spiro atoms. The van der Waals surface area contributed by atoms with Crippen LogP contribution in [0.2, 0.25) is 0 Å². The normalized spacial score (nSPS) is 45.6. The molecular formula is C22H35NO. The van der Waals surface area contributed by atoms with Gasteiger partial charge in [0.05, 0.1) is 5.92 Å². The van der Waals surface area contributed by atoms with Gasteiger partial charge in [-0.2, -0.15) is 0 Å². The van der Waals surface area contributed by atoms with Crippen LogP contribution in [0.4, 0.5) is 0 Å². The Morgan fingerprint density at radius 3 is 2.00 bits per heavy atom. The Kier molecular flexibility index (Phi) is 3.72. The van der Waals surface area contributed by atoms with E-state index in [-0.39, 0.29) is 11.3 Å². The van der Waals surface area contributed by atoms with Crippen LogP contribution in [0, 0.1) is 40.4 Å². The maximum Gasteiger partial charge on any atom is 0.224 e. The van der Waals surface area contributed by atoms with Crippen molar-refractivity contribution in [3.8, 4) is 0 Å². The molecule has 2 nitrogen and oxygen atoms in total. The van der Waals surface area contributed by atoms with Gasteiger partial charge in [-0.05, 0) is 93.8 Å². The van der Waals surface area contributed by atoms with Gasteiger partial charge in [0.15, 0.2) is 0 Å². The van der Waals surface area contributed by atoms with Crippen LogP contribution < -0.4 is 5.32 Å². The van der Waals surface area contributed by atoms with Crippen LogP contribution in [0.3, 0.4) is 0 Å². The van der Waals surface area contributed by atoms with Crippen LogP contribution >= 0.6 is 0 Å². The van der Waals surface area contributed by atoms with Crippen LogP contribution in [-0.4, -0.2) is 11.9 Å². The fraction of sp³-hybridized carbons (Fsp3) is 0.864. The van der Waals surface area contributed by atoms with Gasteiger partial charge in [0.25, 0.3) is 0 Å². The third-order valence-corrected chi connectivity index (χ3v) is 8.07. The van der Waals surface area contributed by atoms with E-state index in [9.17, 15) is 4.79 Å². The number of hydrogen-bond acceptors (Lipinski definition) is 1. The second-order valence-corrected chi connectivity index (χ2v) is 10.6. The highest BCUT2D eigenvalue weighted by Crippen LogP contribution is 2.62. The molecule has 0 saturated heterocycles. The molecular weight excluding hydrogens is 294 g/mol. The summed E-state index contributed by atoms with van der Waals surface area (Å²) in [6.07, 6.45) is 10.8. The first-order valence-corrected chi connectivity index (χ1v) is 10.2. The molecule has 5 aliphatic carbocycles. The van der Waals surface area contributed by atoms with Gasteiger partial charge in [0, 0.05) is 6.04 Å². The van der Waals surface area contributed by atoms with Crippen molar-refractivity contribution in [2.75, 3.05) is 0 Å². The molecule has 0 aliphatic heterocycles. The second-order valence-electron chi connectivity index (χ2n) is 10.6. The monoisotopic (exact) mass is 329 g/mol. The minimum Gasteiger partial charge on any atom is -0.353 e. The first-order valence-electron chi connectivity index (χ1n) is 10.2. The van der Waals surface area contributed by atoms with Crippen LogP contribution in [0.5, 0.6) is 0 Å². The molecule has 0 unspecified atom stereocenters. The van der Waals surface area contributed by atoms with Crippen LogP contribution in [0.25, 0.3) is 0 Å². The molecule has 0 aromatic carbocycles. The maximum atomic E-state index is 13.0. The van der Waals surface area contributed by atoms with E-state index in [1.54, 1.807) is 0 Å². The van der Waals surface area contributed by atoms with E-state index in [1.165, 1.54) is 44.1 Å². The first-order chi connectivity index (χ1) is 11.2. The highest BCUT2D eigenvalue weighted by atomic mass is 16.2. The highest BCUT2D eigenvalue weighted by molar-refractivity contribution is 5.84. The molecule has 5 aliphatic rings. The average molecular weight is 330 g/mol. The topological polar surface area (TPSA) is 29.1 Å². The van der Waals surface area contributed by atoms with E-state index < -0.39 is 0 Å². The Hall–Kier alpha value is -0.790. The summed E-state index contributed by atoms with van der Waals surface area (Å²) < 4.78 is 0. The zero-order valence-electron chi connectivity index (χ0n) is 16.2. The van der Waals surface area contributed by atoms with Crippen molar-refractivity contribution in [2.45, 2.75) is 79.2 Å². The third kappa shape index (κ3) is 2.56. The molecule has 24 heavy (non-hydrogen) atoms. The van der Waals surface area contributed by atoms with Crippen molar-refractivity contribution < 1.29 is 4.79 Å². The molecule has 5 saturated carbocycles. The van der Waals surface area contributed by atoms with E-state index in [0.717, 1.165) is 17.8 Å². The number of nitrogens with one attached hydrogen (secondary N) is 1. The van der Waals surface area contributed by atoms with Crippen molar-refractivity contribution in [1.29, 1.82) is 0 Å². The molecule has 5 rings (SSSR count). The van der Waals surface area contributed by atoms with Gasteiger partial charge in [-0.1, -0.05) is 25.5 Å². The second kappa shape index (κ2) is 5.35. The van der Waals surface area contributed by atoms with Gasteiger partial charge in [-0.15, -0.1) is 0 Å². The largest absolute Gasteiger partial charge is 0.353 e. The predicted molar refractivity (Wildman–Crippen MR) is 98.4 cm³/mol. The molecule has 134 valence electrons. The fourth-order valence-electron chi connectivity index (χ4n) is 7.01. The van der Waals surface area contributed by atoms with Gasteiger partial charge >= 0.3 is 0 Å². The van der Waals surface area contributed by atoms with Gasteiger partial charge in [0.1, 0.15) is 0 Å². The third-order valence-electron chi connectivity index (χ3n) is 8.07. The summed E-state index contributed by atoms with van der Waals surface area (Å²) in [5.41, 5.74) is 1.87. The first kappa shape index (κ1) is 16.7. The zero-order valence-corrected chi connectivity index (χ0v) is 16.2. The van der Waals surface area contributed by atoms with Gasteiger partial charge < -0.3 is 5.32 Å². The lowest BCUT2D eigenvalue weighted by atomic mass is 9.48. The minimum atomic E-state index is 0.128. The molecule has 5 fully saturated rings. The number of rotatable bonds is 4. The van der Waals surface area contributed by atoms with Crippen LogP contribution in [0.1, 0.15) is 73.1 Å². The molecule has 0 aromatic heterocycles. The van der Waals surface area contributed by atoms with Gasteiger partial charge in [0.2, 0.25) is 5.91 Å². The van der Waals surface area contributed by atoms with Crippen LogP contribution in [-0.2, 0) is 4.79 Å². The Balaban J connectivity index is 1.44. The summed E-state index contributed by atoms with van der Waals surface area (Å²) in [6.45, 7) is 11.1. The molecule has 0 radical (unpaired) electrons. The minimum absolute atomic E-state index is 0.128. The van der Waals surface area contributed by atoms with E-state index in [0.29, 0.717) is 23.3 Å². The van der Waals surface area contributed by atoms with Crippen molar-refractivity contribution in [3.05, 3.63) is 11.6 Å². The number of amides is 1. The molecule has 0 heterocycles. The standard InChI is InChI=1S/C22H35NO/c1-13(2)6-18-19(21(18,4)5)20(24)23-14(3)22-10-15-7-16(11-22)9-17(8-15)12-22/h6,14-19H,7-12H2,1-5H3,(H,23,24)/t14-,15?,16?,17?,18+,19+,22?/m0/s1. The Labute approximate surface area is 147 Å². The number of carbonyl (C=O) groups is 1. The zero-order chi connectivity index (χ0) is 17.3. The highest BCUT2D eigenvalue weighted by Gasteiger charge is 2.61. The van der Waals surface area contributed by atoms with Crippen molar-refractivity contribution in [2.24, 2.45) is 40.4 Å². The lowest BCUT2D eigenvalue weighted by Crippen LogP contribution is -2.56. The van der Waals surface area contributed by atoms with E-state index in [1.807, 2.05) is 0 Å².